The summed E-state index contributed by atoms with van der Waals surface area (Å²) in [6.45, 7) is -0.298. The molecule has 1 saturated carbocycles. The molecule has 132 valence electrons. The second-order valence-corrected chi connectivity index (χ2v) is 6.61. The van der Waals surface area contributed by atoms with Crippen molar-refractivity contribution >= 4 is 11.7 Å². The molecule has 2 heterocycles. The number of hydrogen-bond donors (Lipinski definition) is 0. The number of amides is 1. The average Bonchev–Trinajstić information content (AvgIpc) is 3.18. The molecule has 7 heteroatoms. The normalized spacial score (nSPS) is 21.8. The third kappa shape index (κ3) is 3.49. The maximum absolute atomic E-state index is 13.0. The molecule has 24 heavy (non-hydrogen) atoms. The molecule has 1 unspecified atom stereocenters. The lowest BCUT2D eigenvalue weighted by molar-refractivity contribution is -0.149. The Hall–Kier alpha value is -1.79. The van der Waals surface area contributed by atoms with Crippen LogP contribution < -0.4 is 0 Å². The van der Waals surface area contributed by atoms with E-state index in [-0.39, 0.29) is 30.7 Å². The molecule has 0 aromatic carbocycles. The van der Waals surface area contributed by atoms with Crippen molar-refractivity contribution in [2.24, 2.45) is 0 Å². The molecule has 2 aliphatic rings. The number of carbonyl (C=O) groups excluding carboxylic acids is 2. The van der Waals surface area contributed by atoms with Crippen molar-refractivity contribution in [1.29, 1.82) is 0 Å². The number of Topliss-reactive ketones (excluding diaryl/α,β-unsaturated/α-hetero) is 1. The van der Waals surface area contributed by atoms with E-state index in [2.05, 4.69) is 0 Å². The Kier molecular flexibility index (Phi) is 4.69. The Labute approximate surface area is 138 Å². The SMILES string of the molecule is O=C1CCC(C(=O)N(CCC(F)(F)F)C2CCCC2)n2cccc21. The van der Waals surface area contributed by atoms with Crippen LogP contribution in [-0.2, 0) is 4.79 Å². The highest BCUT2D eigenvalue weighted by Gasteiger charge is 2.38. The van der Waals surface area contributed by atoms with Crippen molar-refractivity contribution in [3.05, 3.63) is 24.0 Å². The maximum atomic E-state index is 13.0. The van der Waals surface area contributed by atoms with Gasteiger partial charge in [-0.15, -0.1) is 0 Å². The minimum atomic E-state index is -4.28. The van der Waals surface area contributed by atoms with Crippen molar-refractivity contribution in [3.63, 3.8) is 0 Å². The van der Waals surface area contributed by atoms with Gasteiger partial charge < -0.3 is 9.47 Å². The maximum Gasteiger partial charge on any atom is 0.390 e. The first-order valence-corrected chi connectivity index (χ1v) is 8.44. The number of alkyl halides is 3. The Balaban J connectivity index is 1.81. The third-order valence-corrected chi connectivity index (χ3v) is 5.02. The van der Waals surface area contributed by atoms with E-state index in [9.17, 15) is 22.8 Å². The zero-order chi connectivity index (χ0) is 17.3. The predicted octanol–water partition coefficient (Wildman–Crippen LogP) is 3.73. The molecule has 1 aliphatic carbocycles. The summed E-state index contributed by atoms with van der Waals surface area (Å²) < 4.78 is 39.6. The average molecular weight is 342 g/mol. The molecule has 0 bridgehead atoms. The van der Waals surface area contributed by atoms with Gasteiger partial charge in [-0.05, 0) is 31.4 Å². The van der Waals surface area contributed by atoms with Crippen LogP contribution in [0.4, 0.5) is 13.2 Å². The Morgan fingerprint density at radius 1 is 1.25 bits per heavy atom. The summed E-state index contributed by atoms with van der Waals surface area (Å²) in [7, 11) is 0. The topological polar surface area (TPSA) is 42.3 Å². The van der Waals surface area contributed by atoms with Crippen molar-refractivity contribution in [2.45, 2.75) is 63.2 Å². The first kappa shape index (κ1) is 17.0. The molecule has 1 amide bonds. The number of nitrogens with zero attached hydrogens (tertiary/aromatic N) is 2. The predicted molar refractivity (Wildman–Crippen MR) is 81.7 cm³/mol. The third-order valence-electron chi connectivity index (χ3n) is 5.02. The minimum Gasteiger partial charge on any atom is -0.338 e. The van der Waals surface area contributed by atoms with E-state index in [1.54, 1.807) is 22.9 Å². The quantitative estimate of drug-likeness (QED) is 0.837. The van der Waals surface area contributed by atoms with Gasteiger partial charge in [-0.1, -0.05) is 12.8 Å². The van der Waals surface area contributed by atoms with Gasteiger partial charge in [0.05, 0.1) is 12.1 Å². The van der Waals surface area contributed by atoms with Crippen LogP contribution in [0.3, 0.4) is 0 Å². The highest BCUT2D eigenvalue weighted by molar-refractivity contribution is 5.97. The van der Waals surface area contributed by atoms with E-state index in [4.69, 9.17) is 0 Å². The molecular formula is C17H21F3N2O2. The zero-order valence-electron chi connectivity index (χ0n) is 13.4. The van der Waals surface area contributed by atoms with Crippen LogP contribution in [0, 0.1) is 0 Å². The summed E-state index contributed by atoms with van der Waals surface area (Å²) in [4.78, 5) is 26.3. The van der Waals surface area contributed by atoms with Crippen molar-refractivity contribution < 1.29 is 22.8 Å². The molecule has 0 N–H and O–H groups in total. The first-order valence-electron chi connectivity index (χ1n) is 8.44. The molecule has 1 aliphatic heterocycles. The number of aromatic nitrogens is 1. The standard InChI is InChI=1S/C17H21F3N2O2/c18-17(19,20)9-11-21(12-4-1-2-5-12)16(24)14-7-8-15(23)13-6-3-10-22(13)14/h3,6,10,12,14H,1-2,4-5,7-9,11H2. The summed E-state index contributed by atoms with van der Waals surface area (Å²) in [5, 5.41) is 0. The highest BCUT2D eigenvalue weighted by atomic mass is 19.4. The Bertz CT molecular complexity index is 618. The number of carbonyl (C=O) groups is 2. The van der Waals surface area contributed by atoms with E-state index >= 15 is 0 Å². The van der Waals surface area contributed by atoms with Crippen LogP contribution in [0.2, 0.25) is 0 Å². The smallest absolute Gasteiger partial charge is 0.338 e. The summed E-state index contributed by atoms with van der Waals surface area (Å²) in [5.41, 5.74) is 0.474. The number of rotatable bonds is 4. The van der Waals surface area contributed by atoms with E-state index in [1.807, 2.05) is 0 Å². The molecule has 1 fully saturated rings. The van der Waals surface area contributed by atoms with Crippen LogP contribution in [0.1, 0.15) is 61.5 Å². The summed E-state index contributed by atoms with van der Waals surface area (Å²) in [5.74, 6) is -0.303. The highest BCUT2D eigenvalue weighted by Crippen LogP contribution is 2.32. The van der Waals surface area contributed by atoms with Gasteiger partial charge in [0.2, 0.25) is 5.91 Å². The van der Waals surface area contributed by atoms with Crippen LogP contribution in [0.5, 0.6) is 0 Å². The fraction of sp³-hybridized carbons (Fsp3) is 0.647. The number of ketones is 1. The van der Waals surface area contributed by atoms with Gasteiger partial charge in [0.25, 0.3) is 0 Å². The molecule has 0 spiro atoms. The first-order chi connectivity index (χ1) is 11.4. The van der Waals surface area contributed by atoms with Gasteiger partial charge in [0.15, 0.2) is 5.78 Å². The van der Waals surface area contributed by atoms with Gasteiger partial charge in [-0.25, -0.2) is 0 Å². The fourth-order valence-corrected chi connectivity index (χ4v) is 3.81. The van der Waals surface area contributed by atoms with Crippen LogP contribution in [0.25, 0.3) is 0 Å². The summed E-state index contributed by atoms with van der Waals surface area (Å²) >= 11 is 0. The second kappa shape index (κ2) is 6.61. The minimum absolute atomic E-state index is 0.0215. The number of hydrogen-bond acceptors (Lipinski definition) is 2. The molecule has 1 aromatic heterocycles. The Morgan fingerprint density at radius 3 is 2.62 bits per heavy atom. The van der Waals surface area contributed by atoms with Gasteiger partial charge in [0.1, 0.15) is 6.04 Å². The van der Waals surface area contributed by atoms with Crippen molar-refractivity contribution in [3.8, 4) is 0 Å². The lowest BCUT2D eigenvalue weighted by atomic mass is 9.99. The van der Waals surface area contributed by atoms with E-state index in [0.29, 0.717) is 12.1 Å². The molecule has 0 saturated heterocycles. The van der Waals surface area contributed by atoms with E-state index < -0.39 is 18.6 Å². The monoisotopic (exact) mass is 342 g/mol. The summed E-state index contributed by atoms with van der Waals surface area (Å²) in [6, 6.07) is 2.68. The van der Waals surface area contributed by atoms with Crippen molar-refractivity contribution in [1.82, 2.24) is 9.47 Å². The second-order valence-electron chi connectivity index (χ2n) is 6.61. The molecular weight excluding hydrogens is 321 g/mol. The van der Waals surface area contributed by atoms with Crippen LogP contribution >= 0.6 is 0 Å². The van der Waals surface area contributed by atoms with E-state index in [1.165, 1.54) is 4.90 Å². The largest absolute Gasteiger partial charge is 0.390 e. The zero-order valence-corrected chi connectivity index (χ0v) is 13.4. The number of halogens is 3. The molecule has 1 aromatic rings. The van der Waals surface area contributed by atoms with Gasteiger partial charge >= 0.3 is 6.18 Å². The van der Waals surface area contributed by atoms with Gasteiger partial charge in [0, 0.05) is 25.2 Å². The van der Waals surface area contributed by atoms with Crippen molar-refractivity contribution in [2.75, 3.05) is 6.54 Å². The fourth-order valence-electron chi connectivity index (χ4n) is 3.81. The molecule has 0 radical (unpaired) electrons. The lowest BCUT2D eigenvalue weighted by Gasteiger charge is -2.35. The molecule has 4 nitrogen and oxygen atoms in total. The summed E-state index contributed by atoms with van der Waals surface area (Å²) in [6.07, 6.45) is 0.425. The Morgan fingerprint density at radius 2 is 1.96 bits per heavy atom. The van der Waals surface area contributed by atoms with Crippen LogP contribution in [-0.4, -0.2) is 39.9 Å². The van der Waals surface area contributed by atoms with Crippen LogP contribution in [0.15, 0.2) is 18.3 Å². The van der Waals surface area contributed by atoms with Gasteiger partial charge in [-0.2, -0.15) is 13.2 Å². The number of fused-ring (bicyclic) bond motifs is 1. The van der Waals surface area contributed by atoms with E-state index in [0.717, 1.165) is 25.7 Å². The lowest BCUT2D eigenvalue weighted by Crippen LogP contribution is -2.45. The van der Waals surface area contributed by atoms with Gasteiger partial charge in [-0.3, -0.25) is 9.59 Å². The molecule has 3 rings (SSSR count). The molecule has 1 atom stereocenters.